The van der Waals surface area contributed by atoms with Crippen LogP contribution in [0.5, 0.6) is 11.5 Å². The normalized spacial score (nSPS) is 14.2. The molecule has 0 bridgehead atoms. The minimum absolute atomic E-state index is 0.420. The van der Waals surface area contributed by atoms with E-state index in [9.17, 15) is 0 Å². The molecule has 0 saturated carbocycles. The van der Waals surface area contributed by atoms with E-state index in [1.165, 1.54) is 0 Å². The van der Waals surface area contributed by atoms with E-state index in [1.807, 2.05) is 24.3 Å². The van der Waals surface area contributed by atoms with Crippen molar-refractivity contribution in [2.75, 3.05) is 13.2 Å². The van der Waals surface area contributed by atoms with E-state index in [1.54, 1.807) is 0 Å². The number of rotatable bonds is 4. The number of ether oxygens (including phenoxy) is 2. The lowest BCUT2D eigenvalue weighted by Gasteiger charge is -2.07. The predicted molar refractivity (Wildman–Crippen MR) is 79.5 cm³/mol. The maximum Gasteiger partial charge on any atom is 0.167 e. The summed E-state index contributed by atoms with van der Waals surface area (Å²) in [5.41, 5.74) is 1.84. The summed E-state index contributed by atoms with van der Waals surface area (Å²) in [6.45, 7) is 6.28. The van der Waals surface area contributed by atoms with Crippen LogP contribution in [-0.4, -0.2) is 24.4 Å². The number of aromatic nitrogens is 1. The highest BCUT2D eigenvalue weighted by atomic mass is 16.5. The molecule has 0 radical (unpaired) electrons. The largest absolute Gasteiger partial charge is 0.490 e. The molecule has 0 aliphatic carbocycles. The van der Waals surface area contributed by atoms with Crippen LogP contribution in [0.2, 0.25) is 0 Å². The summed E-state index contributed by atoms with van der Waals surface area (Å²) >= 11 is 0. The minimum Gasteiger partial charge on any atom is -0.490 e. The fourth-order valence-corrected chi connectivity index (χ4v) is 2.16. The maximum atomic E-state index is 5.70. The monoisotopic (exact) mass is 288 g/mol. The van der Waals surface area contributed by atoms with Crippen LogP contribution < -0.4 is 14.8 Å². The average Bonchev–Trinajstić information content (AvgIpc) is 2.82. The molecular formula is C16H20N2O3. The Hall–Kier alpha value is -2.01. The molecule has 1 aromatic carbocycles. The second-order valence-corrected chi connectivity index (χ2v) is 5.43. The second-order valence-electron chi connectivity index (χ2n) is 5.43. The fraction of sp³-hybridized carbons (Fsp3) is 0.438. The van der Waals surface area contributed by atoms with Crippen LogP contribution in [0.1, 0.15) is 26.0 Å². The Kier molecular flexibility index (Phi) is 4.10. The van der Waals surface area contributed by atoms with Crippen molar-refractivity contribution >= 4 is 0 Å². The first-order valence-electron chi connectivity index (χ1n) is 7.31. The highest BCUT2D eigenvalue weighted by Crippen LogP contribution is 2.34. The molecule has 0 fully saturated rings. The van der Waals surface area contributed by atoms with E-state index >= 15 is 0 Å². The third-order valence-electron chi connectivity index (χ3n) is 3.28. The molecule has 1 aromatic heterocycles. The van der Waals surface area contributed by atoms with Crippen molar-refractivity contribution in [1.82, 2.24) is 10.5 Å². The third kappa shape index (κ3) is 3.36. The number of nitrogens with one attached hydrogen (secondary N) is 1. The topological polar surface area (TPSA) is 56.5 Å². The molecule has 1 aliphatic rings. The van der Waals surface area contributed by atoms with Gasteiger partial charge in [0.05, 0.1) is 18.9 Å². The zero-order chi connectivity index (χ0) is 14.7. The van der Waals surface area contributed by atoms with Gasteiger partial charge < -0.3 is 19.3 Å². The van der Waals surface area contributed by atoms with Crippen LogP contribution in [0.15, 0.2) is 28.8 Å². The Morgan fingerprint density at radius 2 is 1.95 bits per heavy atom. The quantitative estimate of drug-likeness (QED) is 0.937. The van der Waals surface area contributed by atoms with Crippen LogP contribution >= 0.6 is 0 Å². The Morgan fingerprint density at radius 1 is 1.14 bits per heavy atom. The van der Waals surface area contributed by atoms with Gasteiger partial charge in [-0.3, -0.25) is 0 Å². The molecule has 0 amide bonds. The van der Waals surface area contributed by atoms with E-state index < -0.39 is 0 Å². The molecule has 2 heterocycles. The molecule has 5 nitrogen and oxygen atoms in total. The van der Waals surface area contributed by atoms with Gasteiger partial charge in [0.2, 0.25) is 0 Å². The lowest BCUT2D eigenvalue weighted by molar-refractivity contribution is 0.297. The van der Waals surface area contributed by atoms with Crippen molar-refractivity contribution in [1.29, 1.82) is 0 Å². The van der Waals surface area contributed by atoms with Crippen molar-refractivity contribution in [2.45, 2.75) is 32.9 Å². The first-order valence-corrected chi connectivity index (χ1v) is 7.31. The lowest BCUT2D eigenvalue weighted by Crippen LogP contribution is -2.21. The Morgan fingerprint density at radius 3 is 2.76 bits per heavy atom. The van der Waals surface area contributed by atoms with Crippen molar-refractivity contribution in [3.63, 3.8) is 0 Å². The van der Waals surface area contributed by atoms with Gasteiger partial charge in [-0.25, -0.2) is 0 Å². The molecule has 0 saturated heterocycles. The number of hydrogen-bond donors (Lipinski definition) is 1. The Balaban J connectivity index is 1.79. The molecule has 0 spiro atoms. The van der Waals surface area contributed by atoms with Crippen LogP contribution in [0, 0.1) is 0 Å². The van der Waals surface area contributed by atoms with Gasteiger partial charge in [0.15, 0.2) is 17.3 Å². The predicted octanol–water partition coefficient (Wildman–Crippen LogP) is 3.00. The summed E-state index contributed by atoms with van der Waals surface area (Å²) in [5.74, 6) is 2.30. The Bertz CT molecular complexity index is 607. The summed E-state index contributed by atoms with van der Waals surface area (Å²) in [4.78, 5) is 0. The summed E-state index contributed by atoms with van der Waals surface area (Å²) < 4.78 is 16.7. The number of benzene rings is 1. The number of nitrogens with zero attached hydrogens (tertiary/aromatic N) is 1. The zero-order valence-corrected chi connectivity index (χ0v) is 12.4. The standard InChI is InChI=1S/C16H20N2O3/c1-11(2)17-10-13-9-15(21-18-13)12-4-5-14-16(8-12)20-7-3-6-19-14/h4-5,8-9,11,17H,3,6-7,10H2,1-2H3. The molecule has 0 atom stereocenters. The van der Waals surface area contributed by atoms with Gasteiger partial charge in [-0.15, -0.1) is 0 Å². The van der Waals surface area contributed by atoms with Gasteiger partial charge in [0, 0.05) is 30.6 Å². The Labute approximate surface area is 124 Å². The SMILES string of the molecule is CC(C)NCc1cc(-c2ccc3c(c2)OCCCO3)on1. The van der Waals surface area contributed by atoms with E-state index in [-0.39, 0.29) is 0 Å². The van der Waals surface area contributed by atoms with Gasteiger partial charge in [-0.1, -0.05) is 19.0 Å². The molecule has 5 heteroatoms. The average molecular weight is 288 g/mol. The molecule has 1 aliphatic heterocycles. The van der Waals surface area contributed by atoms with Crippen molar-refractivity contribution in [3.05, 3.63) is 30.0 Å². The minimum atomic E-state index is 0.420. The van der Waals surface area contributed by atoms with Crippen molar-refractivity contribution in [2.24, 2.45) is 0 Å². The highest BCUT2D eigenvalue weighted by molar-refractivity contribution is 5.62. The van der Waals surface area contributed by atoms with Gasteiger partial charge in [-0.2, -0.15) is 0 Å². The molecule has 112 valence electrons. The first kappa shape index (κ1) is 13.9. The molecule has 21 heavy (non-hydrogen) atoms. The first-order chi connectivity index (χ1) is 10.2. The second kappa shape index (κ2) is 6.18. The van der Waals surface area contributed by atoms with Crippen LogP contribution in [0.3, 0.4) is 0 Å². The van der Waals surface area contributed by atoms with Crippen LogP contribution in [0.25, 0.3) is 11.3 Å². The van der Waals surface area contributed by atoms with Gasteiger partial charge in [0.25, 0.3) is 0 Å². The maximum absolute atomic E-state index is 5.70. The van der Waals surface area contributed by atoms with E-state index in [4.69, 9.17) is 14.0 Å². The molecular weight excluding hydrogens is 268 g/mol. The molecule has 3 rings (SSSR count). The number of hydrogen-bond acceptors (Lipinski definition) is 5. The van der Waals surface area contributed by atoms with E-state index in [0.29, 0.717) is 25.8 Å². The van der Waals surface area contributed by atoms with Gasteiger partial charge in [-0.05, 0) is 18.2 Å². The summed E-state index contributed by atoms with van der Waals surface area (Å²) in [6, 6.07) is 8.21. The summed E-state index contributed by atoms with van der Waals surface area (Å²) in [7, 11) is 0. The summed E-state index contributed by atoms with van der Waals surface area (Å²) in [6.07, 6.45) is 0.900. The molecule has 0 unspecified atom stereocenters. The van der Waals surface area contributed by atoms with Crippen LogP contribution in [-0.2, 0) is 6.54 Å². The fourth-order valence-electron chi connectivity index (χ4n) is 2.16. The number of fused-ring (bicyclic) bond motifs is 1. The lowest BCUT2D eigenvalue weighted by atomic mass is 10.1. The van der Waals surface area contributed by atoms with Gasteiger partial charge >= 0.3 is 0 Å². The van der Waals surface area contributed by atoms with Crippen LogP contribution in [0.4, 0.5) is 0 Å². The molecule has 1 N–H and O–H groups in total. The molecule has 2 aromatic rings. The van der Waals surface area contributed by atoms with Crippen molar-refractivity contribution in [3.8, 4) is 22.8 Å². The van der Waals surface area contributed by atoms with E-state index in [2.05, 4.69) is 24.3 Å². The van der Waals surface area contributed by atoms with E-state index in [0.717, 1.165) is 34.9 Å². The smallest absolute Gasteiger partial charge is 0.167 e. The highest BCUT2D eigenvalue weighted by Gasteiger charge is 2.14. The van der Waals surface area contributed by atoms with Crippen molar-refractivity contribution < 1.29 is 14.0 Å². The summed E-state index contributed by atoms with van der Waals surface area (Å²) in [5, 5.41) is 7.40. The zero-order valence-electron chi connectivity index (χ0n) is 12.4. The van der Waals surface area contributed by atoms with Gasteiger partial charge in [0.1, 0.15) is 0 Å². The third-order valence-corrected chi connectivity index (χ3v) is 3.28.